The number of halogens is 1. The minimum atomic E-state index is -0.141. The number of carbonyl (C=O) groups excluding carboxylic acids is 2. The maximum Gasteiger partial charge on any atom is 0.253 e. The van der Waals surface area contributed by atoms with E-state index in [1.165, 1.54) is 0 Å². The zero-order chi connectivity index (χ0) is 17.4. The summed E-state index contributed by atoms with van der Waals surface area (Å²) < 4.78 is 0. The zero-order valence-electron chi connectivity index (χ0n) is 15.1. The Morgan fingerprint density at radius 2 is 1.88 bits per heavy atom. The normalized spacial score (nSPS) is 14.7. The minimum absolute atomic E-state index is 0. The quantitative estimate of drug-likeness (QED) is 0.693. The predicted molar refractivity (Wildman–Crippen MR) is 104 cm³/mol. The number of hydrogen-bond acceptors (Lipinski definition) is 3. The highest BCUT2D eigenvalue weighted by atomic mass is 35.5. The van der Waals surface area contributed by atoms with Gasteiger partial charge in [0.1, 0.15) is 0 Å². The van der Waals surface area contributed by atoms with E-state index in [-0.39, 0.29) is 24.2 Å². The largest absolute Gasteiger partial charge is 0.352 e. The van der Waals surface area contributed by atoms with Crippen LogP contribution >= 0.6 is 12.4 Å². The fourth-order valence-corrected chi connectivity index (χ4v) is 2.90. The first-order chi connectivity index (χ1) is 11.6. The maximum atomic E-state index is 12.3. The van der Waals surface area contributed by atoms with Gasteiger partial charge in [-0.25, -0.2) is 0 Å². The molecular weight excluding hydrogens is 338 g/mol. The van der Waals surface area contributed by atoms with Gasteiger partial charge in [-0.05, 0) is 56.3 Å². The molecule has 5 nitrogen and oxygen atoms in total. The highest BCUT2D eigenvalue weighted by molar-refractivity contribution is 6.03. The molecule has 140 valence electrons. The minimum Gasteiger partial charge on any atom is -0.352 e. The average molecular weight is 368 g/mol. The van der Waals surface area contributed by atoms with Gasteiger partial charge in [0.05, 0.1) is 11.3 Å². The van der Waals surface area contributed by atoms with Crippen LogP contribution in [0.5, 0.6) is 0 Å². The standard InChI is InChI=1S/C19H29N3O2.ClH/c1-14(2)13-21-19(24)16-5-3-4-6-17(16)22-18(23)8-7-15-9-11-20-12-10-15;/h3-6,14-15,20H,7-13H2,1-2H3,(H,21,24)(H,22,23);1H. The fourth-order valence-electron chi connectivity index (χ4n) is 2.90. The van der Waals surface area contributed by atoms with Gasteiger partial charge in [-0.1, -0.05) is 26.0 Å². The van der Waals surface area contributed by atoms with Crippen molar-refractivity contribution in [3.05, 3.63) is 29.8 Å². The molecule has 0 radical (unpaired) electrons. The van der Waals surface area contributed by atoms with Crippen molar-refractivity contribution in [2.75, 3.05) is 25.0 Å². The number of anilines is 1. The summed E-state index contributed by atoms with van der Waals surface area (Å²) in [5, 5.41) is 9.14. The molecule has 3 N–H and O–H groups in total. The number of rotatable bonds is 7. The van der Waals surface area contributed by atoms with Gasteiger partial charge in [-0.3, -0.25) is 9.59 Å². The summed E-state index contributed by atoms with van der Waals surface area (Å²) in [5.74, 6) is 0.859. The van der Waals surface area contributed by atoms with E-state index in [2.05, 4.69) is 29.8 Å². The van der Waals surface area contributed by atoms with Gasteiger partial charge in [-0.2, -0.15) is 0 Å². The monoisotopic (exact) mass is 367 g/mol. The summed E-state index contributed by atoms with van der Waals surface area (Å²) in [4.78, 5) is 24.5. The highest BCUT2D eigenvalue weighted by Gasteiger charge is 2.16. The third kappa shape index (κ3) is 7.45. The summed E-state index contributed by atoms with van der Waals surface area (Å²) in [6, 6.07) is 7.18. The molecule has 0 atom stereocenters. The lowest BCUT2D eigenvalue weighted by molar-refractivity contribution is -0.116. The van der Waals surface area contributed by atoms with Gasteiger partial charge < -0.3 is 16.0 Å². The third-order valence-corrected chi connectivity index (χ3v) is 4.36. The Hall–Kier alpha value is -1.59. The van der Waals surface area contributed by atoms with Crippen molar-refractivity contribution in [2.45, 2.75) is 39.5 Å². The molecule has 0 aromatic heterocycles. The van der Waals surface area contributed by atoms with Crippen LogP contribution in [0.4, 0.5) is 5.69 Å². The number of piperidine rings is 1. The van der Waals surface area contributed by atoms with Crippen LogP contribution in [-0.4, -0.2) is 31.4 Å². The summed E-state index contributed by atoms with van der Waals surface area (Å²) in [6.45, 7) is 6.82. The number of para-hydroxylation sites is 1. The van der Waals surface area contributed by atoms with Crippen molar-refractivity contribution in [1.82, 2.24) is 10.6 Å². The van der Waals surface area contributed by atoms with E-state index in [4.69, 9.17) is 0 Å². The van der Waals surface area contributed by atoms with Crippen LogP contribution in [0.3, 0.4) is 0 Å². The Kier molecular flexibility index (Phi) is 9.53. The SMILES string of the molecule is CC(C)CNC(=O)c1ccccc1NC(=O)CCC1CCNCC1.Cl. The predicted octanol–water partition coefficient (Wildman–Crippen LogP) is 3.21. The third-order valence-electron chi connectivity index (χ3n) is 4.36. The Morgan fingerprint density at radius 1 is 1.20 bits per heavy atom. The second-order valence-corrected chi connectivity index (χ2v) is 6.93. The lowest BCUT2D eigenvalue weighted by Gasteiger charge is -2.22. The Labute approximate surface area is 156 Å². The number of hydrogen-bond donors (Lipinski definition) is 3. The molecule has 1 aromatic carbocycles. The first-order valence-corrected chi connectivity index (χ1v) is 8.94. The van der Waals surface area contributed by atoms with E-state index in [0.717, 1.165) is 32.4 Å². The van der Waals surface area contributed by atoms with Crippen molar-refractivity contribution in [3.63, 3.8) is 0 Å². The first-order valence-electron chi connectivity index (χ1n) is 8.94. The number of carbonyl (C=O) groups is 2. The van der Waals surface area contributed by atoms with Gasteiger partial charge in [0.25, 0.3) is 5.91 Å². The molecule has 1 aromatic rings. The Morgan fingerprint density at radius 3 is 2.56 bits per heavy atom. The molecule has 0 bridgehead atoms. The lowest BCUT2D eigenvalue weighted by Crippen LogP contribution is -2.29. The zero-order valence-corrected chi connectivity index (χ0v) is 16.0. The van der Waals surface area contributed by atoms with E-state index >= 15 is 0 Å². The molecule has 0 spiro atoms. The van der Waals surface area contributed by atoms with E-state index < -0.39 is 0 Å². The molecule has 1 heterocycles. The maximum absolute atomic E-state index is 12.3. The molecule has 0 unspecified atom stereocenters. The van der Waals surface area contributed by atoms with Crippen LogP contribution in [0.15, 0.2) is 24.3 Å². The van der Waals surface area contributed by atoms with Crippen LogP contribution < -0.4 is 16.0 Å². The van der Waals surface area contributed by atoms with E-state index in [1.54, 1.807) is 12.1 Å². The van der Waals surface area contributed by atoms with Crippen molar-refractivity contribution in [2.24, 2.45) is 11.8 Å². The first kappa shape index (κ1) is 21.5. The molecule has 6 heteroatoms. The van der Waals surface area contributed by atoms with Gasteiger partial charge in [0.2, 0.25) is 5.91 Å². The van der Waals surface area contributed by atoms with Crippen molar-refractivity contribution >= 4 is 29.9 Å². The van der Waals surface area contributed by atoms with Crippen LogP contribution in [0.25, 0.3) is 0 Å². The van der Waals surface area contributed by atoms with Gasteiger partial charge in [0.15, 0.2) is 0 Å². The molecule has 2 rings (SSSR count). The summed E-state index contributed by atoms with van der Waals surface area (Å²) >= 11 is 0. The average Bonchev–Trinajstić information content (AvgIpc) is 2.59. The molecule has 1 aliphatic rings. The van der Waals surface area contributed by atoms with Crippen molar-refractivity contribution in [3.8, 4) is 0 Å². The Balaban J connectivity index is 0.00000312. The molecule has 1 saturated heterocycles. The number of benzene rings is 1. The summed E-state index contributed by atoms with van der Waals surface area (Å²) in [5.41, 5.74) is 1.11. The van der Waals surface area contributed by atoms with Crippen molar-refractivity contribution < 1.29 is 9.59 Å². The van der Waals surface area contributed by atoms with Crippen molar-refractivity contribution in [1.29, 1.82) is 0 Å². The summed E-state index contributed by atoms with van der Waals surface area (Å²) in [7, 11) is 0. The lowest BCUT2D eigenvalue weighted by atomic mass is 9.93. The Bertz CT molecular complexity index is 557. The van der Waals surface area contributed by atoms with E-state index in [9.17, 15) is 9.59 Å². The second-order valence-electron chi connectivity index (χ2n) is 6.93. The molecule has 25 heavy (non-hydrogen) atoms. The fraction of sp³-hybridized carbons (Fsp3) is 0.579. The van der Waals surface area contributed by atoms with Gasteiger partial charge in [0, 0.05) is 13.0 Å². The molecule has 0 aliphatic carbocycles. The van der Waals surface area contributed by atoms with E-state index in [0.29, 0.717) is 36.1 Å². The number of nitrogens with one attached hydrogen (secondary N) is 3. The van der Waals surface area contributed by atoms with Crippen LogP contribution in [0, 0.1) is 11.8 Å². The summed E-state index contributed by atoms with van der Waals surface area (Å²) in [6.07, 6.45) is 3.70. The molecule has 2 amide bonds. The molecule has 0 saturated carbocycles. The number of amides is 2. The smallest absolute Gasteiger partial charge is 0.253 e. The highest BCUT2D eigenvalue weighted by Crippen LogP contribution is 2.19. The molecule has 1 fully saturated rings. The van der Waals surface area contributed by atoms with Gasteiger partial charge >= 0.3 is 0 Å². The van der Waals surface area contributed by atoms with Crippen LogP contribution in [0.2, 0.25) is 0 Å². The van der Waals surface area contributed by atoms with Crippen LogP contribution in [0.1, 0.15) is 49.9 Å². The van der Waals surface area contributed by atoms with E-state index in [1.807, 2.05) is 12.1 Å². The molecular formula is C19H30ClN3O2. The second kappa shape index (κ2) is 11.1. The van der Waals surface area contributed by atoms with Crippen LogP contribution in [-0.2, 0) is 4.79 Å². The molecule has 1 aliphatic heterocycles. The van der Waals surface area contributed by atoms with Gasteiger partial charge in [-0.15, -0.1) is 12.4 Å². The topological polar surface area (TPSA) is 70.2 Å².